The summed E-state index contributed by atoms with van der Waals surface area (Å²) in [4.78, 5) is 3.50. The second-order valence-corrected chi connectivity index (χ2v) is 8.66. The fourth-order valence-corrected chi connectivity index (χ4v) is 4.35. The Balaban J connectivity index is 1.44. The third kappa shape index (κ3) is 3.86. The van der Waals surface area contributed by atoms with Crippen LogP contribution in [0.2, 0.25) is 0 Å². The van der Waals surface area contributed by atoms with Gasteiger partial charge in [-0.2, -0.15) is 0 Å². The molecule has 0 aliphatic heterocycles. The lowest BCUT2D eigenvalue weighted by Crippen LogP contribution is -2.25. The minimum Gasteiger partial charge on any atom is -0.361 e. The van der Waals surface area contributed by atoms with Crippen LogP contribution in [0.1, 0.15) is 11.1 Å². The first-order chi connectivity index (χ1) is 13.5. The van der Waals surface area contributed by atoms with Gasteiger partial charge in [0.1, 0.15) is 0 Å². The topological polar surface area (TPSA) is 62.0 Å². The molecule has 1 aromatic heterocycles. The van der Waals surface area contributed by atoms with Gasteiger partial charge in [-0.05, 0) is 48.2 Å². The molecule has 0 saturated carbocycles. The predicted octanol–water partition coefficient (Wildman–Crippen LogP) is 4.66. The van der Waals surface area contributed by atoms with Crippen molar-refractivity contribution in [2.75, 3.05) is 6.54 Å². The molecule has 4 aromatic rings. The van der Waals surface area contributed by atoms with Crippen LogP contribution in [0.25, 0.3) is 22.0 Å². The van der Waals surface area contributed by atoms with Crippen LogP contribution in [0, 0.1) is 6.92 Å². The van der Waals surface area contributed by atoms with Gasteiger partial charge < -0.3 is 4.98 Å². The van der Waals surface area contributed by atoms with Gasteiger partial charge in [-0.1, -0.05) is 60.2 Å². The van der Waals surface area contributed by atoms with E-state index < -0.39 is 10.0 Å². The lowest BCUT2D eigenvalue weighted by Gasteiger charge is -2.08. The average molecular weight is 391 g/mol. The zero-order valence-corrected chi connectivity index (χ0v) is 16.5. The highest BCUT2D eigenvalue weighted by atomic mass is 32.2. The molecule has 2 N–H and O–H groups in total. The molecule has 142 valence electrons. The highest BCUT2D eigenvalue weighted by Crippen LogP contribution is 2.22. The molecule has 28 heavy (non-hydrogen) atoms. The van der Waals surface area contributed by atoms with E-state index in [9.17, 15) is 8.42 Å². The van der Waals surface area contributed by atoms with Gasteiger partial charge in [0.05, 0.1) is 4.90 Å². The number of para-hydroxylation sites is 1. The summed E-state index contributed by atoms with van der Waals surface area (Å²) in [5.74, 6) is 0. The maximum absolute atomic E-state index is 12.6. The predicted molar refractivity (Wildman–Crippen MR) is 114 cm³/mol. The van der Waals surface area contributed by atoms with E-state index in [1.165, 1.54) is 5.56 Å². The van der Waals surface area contributed by atoms with Gasteiger partial charge in [0, 0.05) is 23.6 Å². The number of sulfonamides is 1. The fourth-order valence-electron chi connectivity index (χ4n) is 3.31. The van der Waals surface area contributed by atoms with Gasteiger partial charge in [0.25, 0.3) is 0 Å². The quantitative estimate of drug-likeness (QED) is 0.503. The Morgan fingerprint density at radius 1 is 0.857 bits per heavy atom. The summed E-state index contributed by atoms with van der Waals surface area (Å²) in [7, 11) is -3.53. The summed E-state index contributed by atoms with van der Waals surface area (Å²) in [6, 6.07) is 23.2. The molecule has 4 nitrogen and oxygen atoms in total. The summed E-state index contributed by atoms with van der Waals surface area (Å²) in [6.07, 6.45) is 2.57. The first kappa shape index (κ1) is 18.5. The SMILES string of the molecule is Cc1ccc(-c2ccc(S(=O)(=O)NCCc3c[nH]c4ccccc34)cc2)cc1. The Hall–Kier alpha value is -2.89. The smallest absolute Gasteiger partial charge is 0.240 e. The Morgan fingerprint density at radius 2 is 1.50 bits per heavy atom. The van der Waals surface area contributed by atoms with Gasteiger partial charge in [-0.25, -0.2) is 13.1 Å². The van der Waals surface area contributed by atoms with E-state index in [1.54, 1.807) is 12.1 Å². The summed E-state index contributed by atoms with van der Waals surface area (Å²) in [5, 5.41) is 1.13. The van der Waals surface area contributed by atoms with Crippen molar-refractivity contribution in [1.29, 1.82) is 0 Å². The molecule has 0 radical (unpaired) electrons. The molecule has 0 atom stereocenters. The van der Waals surface area contributed by atoms with Crippen molar-refractivity contribution in [3.63, 3.8) is 0 Å². The van der Waals surface area contributed by atoms with Gasteiger partial charge in [-0.3, -0.25) is 0 Å². The monoisotopic (exact) mass is 390 g/mol. The Labute approximate surface area is 165 Å². The van der Waals surface area contributed by atoms with Crippen molar-refractivity contribution in [3.8, 4) is 11.1 Å². The highest BCUT2D eigenvalue weighted by Gasteiger charge is 2.14. The number of H-pyrrole nitrogens is 1. The molecule has 5 heteroatoms. The van der Waals surface area contributed by atoms with Gasteiger partial charge in [0.15, 0.2) is 0 Å². The number of rotatable bonds is 6. The number of nitrogens with one attached hydrogen (secondary N) is 2. The van der Waals surface area contributed by atoms with Gasteiger partial charge in [-0.15, -0.1) is 0 Å². The number of hydrogen-bond donors (Lipinski definition) is 2. The van der Waals surface area contributed by atoms with Crippen molar-refractivity contribution < 1.29 is 8.42 Å². The van der Waals surface area contributed by atoms with Crippen molar-refractivity contribution in [2.24, 2.45) is 0 Å². The van der Waals surface area contributed by atoms with Crippen molar-refractivity contribution in [3.05, 3.63) is 90.1 Å². The lowest BCUT2D eigenvalue weighted by atomic mass is 10.0. The number of benzene rings is 3. The first-order valence-corrected chi connectivity index (χ1v) is 10.7. The Bertz CT molecular complexity index is 1190. The molecule has 0 amide bonds. The van der Waals surface area contributed by atoms with E-state index >= 15 is 0 Å². The minimum absolute atomic E-state index is 0.280. The molecular weight excluding hydrogens is 368 g/mol. The van der Waals surface area contributed by atoms with Crippen LogP contribution >= 0.6 is 0 Å². The zero-order valence-electron chi connectivity index (χ0n) is 15.6. The summed E-state index contributed by atoms with van der Waals surface area (Å²) < 4.78 is 27.9. The number of aromatic amines is 1. The maximum atomic E-state index is 12.6. The first-order valence-electron chi connectivity index (χ1n) is 9.25. The molecule has 0 aliphatic carbocycles. The largest absolute Gasteiger partial charge is 0.361 e. The molecule has 0 aliphatic rings. The molecule has 4 rings (SSSR count). The molecule has 0 fully saturated rings. The van der Waals surface area contributed by atoms with Gasteiger partial charge >= 0.3 is 0 Å². The van der Waals surface area contributed by atoms with E-state index in [4.69, 9.17) is 0 Å². The van der Waals surface area contributed by atoms with Crippen LogP contribution in [0.15, 0.2) is 83.9 Å². The van der Waals surface area contributed by atoms with Crippen molar-refractivity contribution in [1.82, 2.24) is 9.71 Å². The van der Waals surface area contributed by atoms with Crippen LogP contribution < -0.4 is 4.72 Å². The zero-order chi connectivity index (χ0) is 19.6. The van der Waals surface area contributed by atoms with E-state index in [1.807, 2.05) is 73.8 Å². The normalized spacial score (nSPS) is 11.8. The Kier molecular flexibility index (Phi) is 5.03. The third-order valence-corrected chi connectivity index (χ3v) is 6.39. The van der Waals surface area contributed by atoms with Crippen LogP contribution in [-0.2, 0) is 16.4 Å². The molecule has 0 spiro atoms. The van der Waals surface area contributed by atoms with E-state index in [0.717, 1.165) is 27.6 Å². The minimum atomic E-state index is -3.53. The molecule has 0 saturated heterocycles. The number of fused-ring (bicyclic) bond motifs is 1. The highest BCUT2D eigenvalue weighted by molar-refractivity contribution is 7.89. The van der Waals surface area contributed by atoms with Crippen LogP contribution in [0.5, 0.6) is 0 Å². The number of hydrogen-bond acceptors (Lipinski definition) is 2. The van der Waals surface area contributed by atoms with Crippen LogP contribution in [0.4, 0.5) is 0 Å². The molecule has 1 heterocycles. The van der Waals surface area contributed by atoms with E-state index in [-0.39, 0.29) is 4.90 Å². The second-order valence-electron chi connectivity index (χ2n) is 6.90. The van der Waals surface area contributed by atoms with E-state index in [2.05, 4.69) is 9.71 Å². The van der Waals surface area contributed by atoms with Crippen molar-refractivity contribution in [2.45, 2.75) is 18.2 Å². The standard InChI is InChI=1S/C23H22N2O2S/c1-17-6-8-18(9-7-17)19-10-12-21(13-11-19)28(26,27)25-15-14-20-16-24-23-5-3-2-4-22(20)23/h2-13,16,24-25H,14-15H2,1H3. The number of aryl methyl sites for hydroxylation is 1. The summed E-state index contributed by atoms with van der Waals surface area (Å²) in [6.45, 7) is 2.39. The molecule has 0 unspecified atom stereocenters. The maximum Gasteiger partial charge on any atom is 0.240 e. The molecular formula is C23H22N2O2S. The van der Waals surface area contributed by atoms with Crippen molar-refractivity contribution >= 4 is 20.9 Å². The third-order valence-electron chi connectivity index (χ3n) is 4.91. The fraction of sp³-hybridized carbons (Fsp3) is 0.130. The van der Waals surface area contributed by atoms with Crippen LogP contribution in [-0.4, -0.2) is 19.9 Å². The second kappa shape index (κ2) is 7.62. The number of aromatic nitrogens is 1. The molecule has 3 aromatic carbocycles. The van der Waals surface area contributed by atoms with E-state index in [0.29, 0.717) is 13.0 Å². The Morgan fingerprint density at radius 3 is 2.21 bits per heavy atom. The molecule has 0 bridgehead atoms. The van der Waals surface area contributed by atoms with Crippen LogP contribution in [0.3, 0.4) is 0 Å². The summed E-state index contributed by atoms with van der Waals surface area (Å²) in [5.41, 5.74) is 5.43. The van der Waals surface area contributed by atoms with Gasteiger partial charge in [0.2, 0.25) is 10.0 Å². The summed E-state index contributed by atoms with van der Waals surface area (Å²) >= 11 is 0. The average Bonchev–Trinajstić information content (AvgIpc) is 3.12. The lowest BCUT2D eigenvalue weighted by molar-refractivity contribution is 0.582.